The number of hydrogen-bond donors (Lipinski definition) is 0. The minimum absolute atomic E-state index is 0.621. The van der Waals surface area contributed by atoms with Crippen LogP contribution in [0.3, 0.4) is 0 Å². The highest BCUT2D eigenvalue weighted by atomic mass is 16.3. The van der Waals surface area contributed by atoms with Crippen LogP contribution in [0.2, 0.25) is 0 Å². The molecular formula is C31H17N3O. The number of nitrogens with zero attached hydrogens (tertiary/aromatic N) is 3. The van der Waals surface area contributed by atoms with Crippen LogP contribution >= 0.6 is 0 Å². The summed E-state index contributed by atoms with van der Waals surface area (Å²) in [6.45, 7) is 0. The van der Waals surface area contributed by atoms with Crippen molar-refractivity contribution in [2.75, 3.05) is 0 Å². The second-order valence-electron chi connectivity index (χ2n) is 8.85. The number of rotatable bonds is 1. The van der Waals surface area contributed by atoms with Gasteiger partial charge in [0.1, 0.15) is 16.9 Å². The monoisotopic (exact) mass is 447 g/mol. The Hall–Kier alpha value is -4.83. The third-order valence-electron chi connectivity index (χ3n) is 6.91. The van der Waals surface area contributed by atoms with E-state index in [4.69, 9.17) is 19.4 Å². The molecule has 4 heteroatoms. The summed E-state index contributed by atoms with van der Waals surface area (Å²) in [7, 11) is 0. The molecule has 0 radical (unpaired) electrons. The molecule has 0 unspecified atom stereocenters. The van der Waals surface area contributed by atoms with E-state index in [2.05, 4.69) is 60.7 Å². The fourth-order valence-electron chi connectivity index (χ4n) is 5.29. The number of hydrogen-bond acceptors (Lipinski definition) is 4. The number of benzene rings is 5. The minimum Gasteiger partial charge on any atom is -0.455 e. The number of para-hydroxylation sites is 1. The highest BCUT2D eigenvalue weighted by molar-refractivity contribution is 6.23. The van der Waals surface area contributed by atoms with Crippen molar-refractivity contribution >= 4 is 65.3 Å². The van der Waals surface area contributed by atoms with Crippen LogP contribution in [0.1, 0.15) is 0 Å². The van der Waals surface area contributed by atoms with Crippen molar-refractivity contribution < 1.29 is 4.42 Å². The zero-order chi connectivity index (χ0) is 22.9. The van der Waals surface area contributed by atoms with Crippen LogP contribution in [0.25, 0.3) is 76.8 Å². The molecule has 0 aliphatic carbocycles. The Balaban J connectivity index is 1.46. The van der Waals surface area contributed by atoms with Gasteiger partial charge in [-0.3, -0.25) is 0 Å². The first-order valence-electron chi connectivity index (χ1n) is 11.6. The van der Waals surface area contributed by atoms with Gasteiger partial charge in [0, 0.05) is 27.7 Å². The predicted molar refractivity (Wildman–Crippen MR) is 143 cm³/mol. The van der Waals surface area contributed by atoms with Crippen LogP contribution < -0.4 is 0 Å². The molecule has 0 aliphatic heterocycles. The quantitative estimate of drug-likeness (QED) is 0.239. The van der Waals surface area contributed by atoms with E-state index in [0.29, 0.717) is 5.82 Å². The van der Waals surface area contributed by atoms with Gasteiger partial charge in [-0.25, -0.2) is 15.0 Å². The van der Waals surface area contributed by atoms with Gasteiger partial charge in [-0.2, -0.15) is 0 Å². The zero-order valence-corrected chi connectivity index (χ0v) is 18.6. The Kier molecular flexibility index (Phi) is 3.63. The maximum atomic E-state index is 6.35. The molecule has 0 spiro atoms. The SMILES string of the molecule is c1ccc2c(c1)ccc1nc(-c3nc4ccc5c6ccccc6oc5c4c4ccccc34)ncc12. The van der Waals surface area contributed by atoms with Crippen LogP contribution in [0.15, 0.2) is 108 Å². The normalized spacial score (nSPS) is 12.0. The van der Waals surface area contributed by atoms with E-state index in [1.54, 1.807) is 0 Å². The van der Waals surface area contributed by atoms with E-state index >= 15 is 0 Å². The summed E-state index contributed by atoms with van der Waals surface area (Å²) < 4.78 is 6.35. The zero-order valence-electron chi connectivity index (χ0n) is 18.6. The smallest absolute Gasteiger partial charge is 0.179 e. The molecular weight excluding hydrogens is 430 g/mol. The molecule has 162 valence electrons. The highest BCUT2D eigenvalue weighted by Gasteiger charge is 2.18. The van der Waals surface area contributed by atoms with Gasteiger partial charge in [-0.1, -0.05) is 72.8 Å². The van der Waals surface area contributed by atoms with Crippen LogP contribution in [-0.4, -0.2) is 15.0 Å². The molecule has 0 N–H and O–H groups in total. The first-order chi connectivity index (χ1) is 17.3. The first kappa shape index (κ1) is 18.6. The molecule has 0 atom stereocenters. The maximum Gasteiger partial charge on any atom is 0.179 e. The van der Waals surface area contributed by atoms with Gasteiger partial charge >= 0.3 is 0 Å². The molecule has 3 heterocycles. The molecule has 0 amide bonds. The third kappa shape index (κ3) is 2.59. The molecule has 8 rings (SSSR count). The van der Waals surface area contributed by atoms with Crippen molar-refractivity contribution in [3.8, 4) is 11.5 Å². The molecule has 0 saturated heterocycles. The van der Waals surface area contributed by atoms with Crippen molar-refractivity contribution in [2.24, 2.45) is 0 Å². The molecule has 5 aromatic carbocycles. The lowest BCUT2D eigenvalue weighted by molar-refractivity contribution is 0.673. The molecule has 35 heavy (non-hydrogen) atoms. The second-order valence-corrected chi connectivity index (χ2v) is 8.85. The Bertz CT molecular complexity index is 2120. The molecule has 0 saturated carbocycles. The molecule has 0 bridgehead atoms. The fraction of sp³-hybridized carbons (Fsp3) is 0. The van der Waals surface area contributed by atoms with Crippen LogP contribution in [0, 0.1) is 0 Å². The summed E-state index contributed by atoms with van der Waals surface area (Å²) in [5.74, 6) is 0.621. The number of pyridine rings is 1. The van der Waals surface area contributed by atoms with Gasteiger partial charge in [-0.05, 0) is 40.4 Å². The van der Waals surface area contributed by atoms with Gasteiger partial charge < -0.3 is 4.42 Å². The van der Waals surface area contributed by atoms with Crippen molar-refractivity contribution in [3.63, 3.8) is 0 Å². The van der Waals surface area contributed by atoms with Gasteiger partial charge in [0.15, 0.2) is 5.82 Å². The van der Waals surface area contributed by atoms with Gasteiger partial charge in [0.05, 0.1) is 16.4 Å². The average molecular weight is 447 g/mol. The average Bonchev–Trinajstić information content (AvgIpc) is 3.31. The molecule has 0 fully saturated rings. The Labute approximate surface area is 199 Å². The summed E-state index contributed by atoms with van der Waals surface area (Å²) in [4.78, 5) is 14.8. The van der Waals surface area contributed by atoms with E-state index in [1.165, 1.54) is 5.39 Å². The van der Waals surface area contributed by atoms with Crippen LogP contribution in [0.5, 0.6) is 0 Å². The third-order valence-corrected chi connectivity index (χ3v) is 6.91. The van der Waals surface area contributed by atoms with Gasteiger partial charge in [0.25, 0.3) is 0 Å². The van der Waals surface area contributed by atoms with Gasteiger partial charge in [-0.15, -0.1) is 0 Å². The van der Waals surface area contributed by atoms with Crippen molar-refractivity contribution in [1.29, 1.82) is 0 Å². The predicted octanol–water partition coefficient (Wildman–Crippen LogP) is 8.05. The molecule has 0 aliphatic rings. The topological polar surface area (TPSA) is 51.8 Å². The molecule has 4 nitrogen and oxygen atoms in total. The highest BCUT2D eigenvalue weighted by Crippen LogP contribution is 2.39. The number of aromatic nitrogens is 3. The number of fused-ring (bicyclic) bond motifs is 10. The first-order valence-corrected chi connectivity index (χ1v) is 11.6. The lowest BCUT2D eigenvalue weighted by Gasteiger charge is -2.10. The standard InChI is InChI=1S/C31H17N3O/c1-2-8-19-18(7-1)13-15-25-24(19)17-32-31(34-25)29-22-11-4-3-10-21(22)28-26(33-29)16-14-23-20-9-5-6-12-27(20)35-30(23)28/h1-17H. The Morgan fingerprint density at radius 3 is 2.17 bits per heavy atom. The van der Waals surface area contributed by atoms with E-state index in [0.717, 1.165) is 65.6 Å². The van der Waals surface area contributed by atoms with E-state index < -0.39 is 0 Å². The van der Waals surface area contributed by atoms with Crippen molar-refractivity contribution in [3.05, 3.63) is 103 Å². The minimum atomic E-state index is 0.621. The van der Waals surface area contributed by atoms with E-state index in [9.17, 15) is 0 Å². The Morgan fingerprint density at radius 2 is 1.26 bits per heavy atom. The summed E-state index contributed by atoms with van der Waals surface area (Å²) in [5, 5.41) is 8.70. The van der Waals surface area contributed by atoms with Crippen LogP contribution in [-0.2, 0) is 0 Å². The maximum absolute atomic E-state index is 6.35. The van der Waals surface area contributed by atoms with Crippen LogP contribution in [0.4, 0.5) is 0 Å². The molecule has 3 aromatic heterocycles. The van der Waals surface area contributed by atoms with E-state index in [1.807, 2.05) is 42.6 Å². The second kappa shape index (κ2) is 6.84. The summed E-state index contributed by atoms with van der Waals surface area (Å²) in [5.41, 5.74) is 4.30. The van der Waals surface area contributed by atoms with E-state index in [-0.39, 0.29) is 0 Å². The lowest BCUT2D eigenvalue weighted by Crippen LogP contribution is -1.96. The lowest BCUT2D eigenvalue weighted by atomic mass is 10.0. The number of furan rings is 1. The Morgan fingerprint density at radius 1 is 0.514 bits per heavy atom. The summed E-state index contributed by atoms with van der Waals surface area (Å²) >= 11 is 0. The van der Waals surface area contributed by atoms with Crippen molar-refractivity contribution in [2.45, 2.75) is 0 Å². The van der Waals surface area contributed by atoms with Gasteiger partial charge in [0.2, 0.25) is 0 Å². The largest absolute Gasteiger partial charge is 0.455 e. The summed E-state index contributed by atoms with van der Waals surface area (Å²) in [6.07, 6.45) is 1.92. The summed E-state index contributed by atoms with van der Waals surface area (Å²) in [6, 6.07) is 33.1. The molecule has 8 aromatic rings. The fourth-order valence-corrected chi connectivity index (χ4v) is 5.29. The van der Waals surface area contributed by atoms with Crippen molar-refractivity contribution in [1.82, 2.24) is 15.0 Å².